The van der Waals surface area contributed by atoms with Gasteiger partial charge in [-0.15, -0.1) is 0 Å². The van der Waals surface area contributed by atoms with E-state index < -0.39 is 0 Å². The second-order valence-corrected chi connectivity index (χ2v) is 3.63. The smallest absolute Gasteiger partial charge is 0.305 e. The number of nitrogens with one attached hydrogen (secondary N) is 1. The van der Waals surface area contributed by atoms with Crippen molar-refractivity contribution < 1.29 is 9.53 Å². The van der Waals surface area contributed by atoms with Crippen LogP contribution in [0.2, 0.25) is 0 Å². The van der Waals surface area contributed by atoms with Crippen molar-refractivity contribution in [2.24, 2.45) is 7.05 Å². The van der Waals surface area contributed by atoms with Crippen LogP contribution in [0, 0.1) is 0 Å². The van der Waals surface area contributed by atoms with Crippen molar-refractivity contribution in [3.05, 3.63) is 18.2 Å². The lowest BCUT2D eigenvalue weighted by Crippen LogP contribution is -2.20. The highest BCUT2D eigenvalue weighted by molar-refractivity contribution is 5.69. The molecule has 1 heterocycles. The SMILES string of the molecule is COC(=O)CCCNCCc1nccn1C. The first-order valence-corrected chi connectivity index (χ1v) is 5.47. The van der Waals surface area contributed by atoms with E-state index in [2.05, 4.69) is 15.0 Å². The number of aryl methyl sites for hydroxylation is 1. The minimum atomic E-state index is -0.147. The van der Waals surface area contributed by atoms with Crippen LogP contribution in [-0.2, 0) is 23.0 Å². The normalized spacial score (nSPS) is 10.4. The van der Waals surface area contributed by atoms with Gasteiger partial charge < -0.3 is 14.6 Å². The number of rotatable bonds is 7. The van der Waals surface area contributed by atoms with E-state index in [1.807, 2.05) is 17.8 Å². The zero-order valence-electron chi connectivity index (χ0n) is 9.90. The summed E-state index contributed by atoms with van der Waals surface area (Å²) in [4.78, 5) is 15.0. The summed E-state index contributed by atoms with van der Waals surface area (Å²) in [5.41, 5.74) is 0. The number of aromatic nitrogens is 2. The van der Waals surface area contributed by atoms with E-state index in [-0.39, 0.29) is 5.97 Å². The van der Waals surface area contributed by atoms with Crippen LogP contribution in [0.25, 0.3) is 0 Å². The van der Waals surface area contributed by atoms with Crippen molar-refractivity contribution in [1.29, 1.82) is 0 Å². The van der Waals surface area contributed by atoms with Crippen molar-refractivity contribution in [3.63, 3.8) is 0 Å². The van der Waals surface area contributed by atoms with Crippen molar-refractivity contribution in [1.82, 2.24) is 14.9 Å². The number of hydrogen-bond acceptors (Lipinski definition) is 4. The van der Waals surface area contributed by atoms with E-state index in [9.17, 15) is 4.79 Å². The molecule has 1 aromatic rings. The lowest BCUT2D eigenvalue weighted by Gasteiger charge is -2.04. The van der Waals surface area contributed by atoms with Gasteiger partial charge in [0, 0.05) is 38.8 Å². The Hall–Kier alpha value is -1.36. The van der Waals surface area contributed by atoms with E-state index in [4.69, 9.17) is 0 Å². The van der Waals surface area contributed by atoms with Gasteiger partial charge in [-0.3, -0.25) is 4.79 Å². The van der Waals surface area contributed by atoms with E-state index in [1.165, 1.54) is 7.11 Å². The first-order valence-electron chi connectivity index (χ1n) is 5.47. The van der Waals surface area contributed by atoms with E-state index in [1.54, 1.807) is 6.20 Å². The van der Waals surface area contributed by atoms with Crippen LogP contribution in [0.5, 0.6) is 0 Å². The van der Waals surface area contributed by atoms with E-state index in [0.29, 0.717) is 6.42 Å². The van der Waals surface area contributed by atoms with Gasteiger partial charge >= 0.3 is 5.97 Å². The van der Waals surface area contributed by atoms with Gasteiger partial charge in [0.15, 0.2) is 0 Å². The summed E-state index contributed by atoms with van der Waals surface area (Å²) >= 11 is 0. The van der Waals surface area contributed by atoms with Crippen LogP contribution in [-0.4, -0.2) is 35.7 Å². The molecule has 0 fully saturated rings. The highest BCUT2D eigenvalue weighted by Gasteiger charge is 2.00. The van der Waals surface area contributed by atoms with Gasteiger partial charge in [-0.1, -0.05) is 0 Å². The molecule has 0 unspecified atom stereocenters. The fourth-order valence-corrected chi connectivity index (χ4v) is 1.42. The third-order valence-corrected chi connectivity index (χ3v) is 2.41. The molecular weight excluding hydrogens is 206 g/mol. The summed E-state index contributed by atoms with van der Waals surface area (Å²) in [5, 5.41) is 3.27. The minimum Gasteiger partial charge on any atom is -0.469 e. The summed E-state index contributed by atoms with van der Waals surface area (Å²) in [6, 6.07) is 0. The number of esters is 1. The van der Waals surface area contributed by atoms with Crippen molar-refractivity contribution >= 4 is 5.97 Å². The van der Waals surface area contributed by atoms with Gasteiger partial charge in [0.1, 0.15) is 5.82 Å². The highest BCUT2D eigenvalue weighted by atomic mass is 16.5. The average molecular weight is 225 g/mol. The number of methoxy groups -OCH3 is 1. The molecule has 0 atom stereocenters. The van der Waals surface area contributed by atoms with Gasteiger partial charge in [0.2, 0.25) is 0 Å². The van der Waals surface area contributed by atoms with Gasteiger partial charge in [-0.2, -0.15) is 0 Å². The van der Waals surface area contributed by atoms with Crippen molar-refractivity contribution in [3.8, 4) is 0 Å². The second-order valence-electron chi connectivity index (χ2n) is 3.63. The summed E-state index contributed by atoms with van der Waals surface area (Å²) in [6.07, 6.45) is 5.93. The van der Waals surface area contributed by atoms with Crippen LogP contribution in [0.4, 0.5) is 0 Å². The minimum absolute atomic E-state index is 0.147. The first kappa shape index (κ1) is 12.7. The largest absolute Gasteiger partial charge is 0.469 e. The van der Waals surface area contributed by atoms with Crippen LogP contribution in [0.15, 0.2) is 12.4 Å². The number of carbonyl (C=O) groups is 1. The number of ether oxygens (including phenoxy) is 1. The lowest BCUT2D eigenvalue weighted by atomic mass is 10.3. The van der Waals surface area contributed by atoms with Crippen LogP contribution in [0.1, 0.15) is 18.7 Å². The van der Waals surface area contributed by atoms with Crippen molar-refractivity contribution in [2.75, 3.05) is 20.2 Å². The molecule has 0 spiro atoms. The standard InChI is InChI=1S/C11H19N3O2/c1-14-9-8-13-10(14)5-7-12-6-3-4-11(15)16-2/h8-9,12H,3-7H2,1-2H3. The molecular formula is C11H19N3O2. The molecule has 0 radical (unpaired) electrons. The number of nitrogens with zero attached hydrogens (tertiary/aromatic N) is 2. The average Bonchev–Trinajstić information content (AvgIpc) is 2.69. The monoisotopic (exact) mass is 225 g/mol. The maximum Gasteiger partial charge on any atom is 0.305 e. The summed E-state index contributed by atoms with van der Waals surface area (Å²) in [6.45, 7) is 1.71. The third kappa shape index (κ3) is 4.44. The zero-order chi connectivity index (χ0) is 11.8. The Balaban J connectivity index is 2.00. The fraction of sp³-hybridized carbons (Fsp3) is 0.636. The predicted octanol–water partition coefficient (Wildman–Crippen LogP) is 0.505. The Bertz CT molecular complexity index is 323. The van der Waals surface area contributed by atoms with Crippen molar-refractivity contribution in [2.45, 2.75) is 19.3 Å². The summed E-state index contributed by atoms with van der Waals surface area (Å²) in [7, 11) is 3.40. The molecule has 0 amide bonds. The molecule has 90 valence electrons. The Kier molecular flexibility index (Phi) is 5.56. The third-order valence-electron chi connectivity index (χ3n) is 2.41. The van der Waals surface area contributed by atoms with Crippen LogP contribution in [0.3, 0.4) is 0 Å². The summed E-state index contributed by atoms with van der Waals surface area (Å²) < 4.78 is 6.56. The maximum absolute atomic E-state index is 10.8. The number of hydrogen-bond donors (Lipinski definition) is 1. The Morgan fingerprint density at radius 1 is 1.56 bits per heavy atom. The maximum atomic E-state index is 10.8. The lowest BCUT2D eigenvalue weighted by molar-refractivity contribution is -0.140. The van der Waals surface area contributed by atoms with Crippen LogP contribution >= 0.6 is 0 Å². The molecule has 5 heteroatoms. The molecule has 0 aromatic carbocycles. The number of carbonyl (C=O) groups excluding carboxylic acids is 1. The Labute approximate surface area is 95.8 Å². The molecule has 0 bridgehead atoms. The molecule has 1 N–H and O–H groups in total. The zero-order valence-corrected chi connectivity index (χ0v) is 9.90. The predicted molar refractivity (Wildman–Crippen MR) is 61.0 cm³/mol. The van der Waals surface area contributed by atoms with Crippen LogP contribution < -0.4 is 5.32 Å². The van der Waals surface area contributed by atoms with Gasteiger partial charge in [0.05, 0.1) is 7.11 Å². The van der Waals surface area contributed by atoms with Gasteiger partial charge in [-0.25, -0.2) is 4.98 Å². The van der Waals surface area contributed by atoms with Gasteiger partial charge in [-0.05, 0) is 13.0 Å². The number of imidazole rings is 1. The topological polar surface area (TPSA) is 56.1 Å². The second kappa shape index (κ2) is 7.00. The molecule has 0 aliphatic heterocycles. The highest BCUT2D eigenvalue weighted by Crippen LogP contribution is 1.94. The van der Waals surface area contributed by atoms with Gasteiger partial charge in [0.25, 0.3) is 0 Å². The molecule has 1 rings (SSSR count). The molecule has 0 saturated carbocycles. The van der Waals surface area contributed by atoms with E-state index in [0.717, 1.165) is 31.8 Å². The van der Waals surface area contributed by atoms with E-state index >= 15 is 0 Å². The Morgan fingerprint density at radius 2 is 2.38 bits per heavy atom. The molecule has 5 nitrogen and oxygen atoms in total. The molecule has 0 aliphatic carbocycles. The Morgan fingerprint density at radius 3 is 3.00 bits per heavy atom. The molecule has 0 saturated heterocycles. The fourth-order valence-electron chi connectivity index (χ4n) is 1.42. The molecule has 0 aliphatic rings. The summed E-state index contributed by atoms with van der Waals surface area (Å²) in [5.74, 6) is 0.923. The molecule has 1 aromatic heterocycles. The first-order chi connectivity index (χ1) is 7.74. The molecule has 16 heavy (non-hydrogen) atoms. The quantitative estimate of drug-likeness (QED) is 0.542.